The lowest BCUT2D eigenvalue weighted by atomic mass is 9.87. The third-order valence-corrected chi connectivity index (χ3v) is 3.26. The molecule has 0 saturated heterocycles. The van der Waals surface area contributed by atoms with Crippen LogP contribution in [0.5, 0.6) is 0 Å². The van der Waals surface area contributed by atoms with Crippen molar-refractivity contribution in [2.45, 2.75) is 46.7 Å². The Labute approximate surface area is 112 Å². The smallest absolute Gasteiger partial charge is 0.0234 e. The third-order valence-electron chi connectivity index (χ3n) is 3.26. The molecule has 0 amide bonds. The molecular weight excluding hydrogens is 220 g/mol. The van der Waals surface area contributed by atoms with E-state index in [-0.39, 0.29) is 0 Å². The maximum Gasteiger partial charge on any atom is 0.0234 e. The normalized spacial score (nSPS) is 13.9. The van der Waals surface area contributed by atoms with Crippen molar-refractivity contribution in [1.82, 2.24) is 4.90 Å². The fraction of sp³-hybridized carbons (Fsp3) is 0.625. The van der Waals surface area contributed by atoms with Crippen LogP contribution in [0, 0.1) is 12.3 Å². The van der Waals surface area contributed by atoms with Gasteiger partial charge in [-0.2, -0.15) is 0 Å². The van der Waals surface area contributed by atoms with E-state index in [0.29, 0.717) is 11.5 Å². The molecule has 0 saturated carbocycles. The minimum absolute atomic E-state index is 0.324. The lowest BCUT2D eigenvalue weighted by Gasteiger charge is -2.32. The van der Waals surface area contributed by atoms with Crippen molar-refractivity contribution in [1.29, 1.82) is 0 Å². The molecule has 0 spiro atoms. The van der Waals surface area contributed by atoms with Crippen LogP contribution in [0.3, 0.4) is 0 Å². The van der Waals surface area contributed by atoms with E-state index in [2.05, 4.69) is 63.9 Å². The van der Waals surface area contributed by atoms with Gasteiger partial charge >= 0.3 is 0 Å². The molecule has 0 radical (unpaired) electrons. The van der Waals surface area contributed by atoms with Gasteiger partial charge in [0.05, 0.1) is 0 Å². The van der Waals surface area contributed by atoms with Gasteiger partial charge in [-0.25, -0.2) is 0 Å². The first-order valence-corrected chi connectivity index (χ1v) is 6.77. The molecule has 1 aromatic rings. The molecular formula is C16H28N2. The molecule has 0 aliphatic carbocycles. The minimum atomic E-state index is 0.324. The second-order valence-electron chi connectivity index (χ2n) is 6.56. The lowest BCUT2D eigenvalue weighted by molar-refractivity contribution is 0.177. The highest BCUT2D eigenvalue weighted by atomic mass is 15.1. The number of rotatable bonds is 5. The summed E-state index contributed by atoms with van der Waals surface area (Å²) in [6.07, 6.45) is 1.13. The van der Waals surface area contributed by atoms with E-state index in [9.17, 15) is 0 Å². The summed E-state index contributed by atoms with van der Waals surface area (Å²) in [4.78, 5) is 2.38. The van der Waals surface area contributed by atoms with Crippen LogP contribution in [0.1, 0.15) is 38.3 Å². The molecule has 1 unspecified atom stereocenters. The van der Waals surface area contributed by atoms with Gasteiger partial charge in [0.15, 0.2) is 0 Å². The molecule has 0 fully saturated rings. The van der Waals surface area contributed by atoms with Crippen molar-refractivity contribution in [3.8, 4) is 0 Å². The highest BCUT2D eigenvalue weighted by molar-refractivity contribution is 5.22. The number of hydrogen-bond acceptors (Lipinski definition) is 2. The van der Waals surface area contributed by atoms with Crippen LogP contribution < -0.4 is 5.73 Å². The first-order valence-electron chi connectivity index (χ1n) is 6.77. The lowest BCUT2D eigenvalue weighted by Crippen LogP contribution is -2.40. The molecule has 102 valence electrons. The quantitative estimate of drug-likeness (QED) is 0.867. The predicted molar refractivity (Wildman–Crippen MR) is 79.6 cm³/mol. The molecule has 2 N–H and O–H groups in total. The average molecular weight is 248 g/mol. The van der Waals surface area contributed by atoms with E-state index in [0.717, 1.165) is 19.5 Å². The van der Waals surface area contributed by atoms with Gasteiger partial charge in [0.1, 0.15) is 0 Å². The van der Waals surface area contributed by atoms with Gasteiger partial charge in [-0.15, -0.1) is 0 Å². The van der Waals surface area contributed by atoms with Crippen molar-refractivity contribution >= 4 is 0 Å². The largest absolute Gasteiger partial charge is 0.329 e. The third kappa shape index (κ3) is 5.19. The molecule has 2 heteroatoms. The van der Waals surface area contributed by atoms with E-state index in [1.54, 1.807) is 0 Å². The Balaban J connectivity index is 2.65. The molecule has 0 bridgehead atoms. The zero-order chi connectivity index (χ0) is 13.8. The van der Waals surface area contributed by atoms with Crippen LogP contribution in [-0.4, -0.2) is 24.5 Å². The predicted octanol–water partition coefficient (Wildman–Crippen LogP) is 3.19. The first-order chi connectivity index (χ1) is 8.31. The second kappa shape index (κ2) is 6.35. The van der Waals surface area contributed by atoms with Crippen molar-refractivity contribution < 1.29 is 0 Å². The van der Waals surface area contributed by atoms with Crippen molar-refractivity contribution in [3.05, 3.63) is 35.4 Å². The van der Waals surface area contributed by atoms with Crippen LogP contribution in [-0.2, 0) is 6.54 Å². The molecule has 0 aromatic heterocycles. The molecule has 0 aliphatic rings. The fourth-order valence-electron chi connectivity index (χ4n) is 2.35. The van der Waals surface area contributed by atoms with Crippen LogP contribution in [0.25, 0.3) is 0 Å². The van der Waals surface area contributed by atoms with Crippen molar-refractivity contribution in [3.63, 3.8) is 0 Å². The monoisotopic (exact) mass is 248 g/mol. The van der Waals surface area contributed by atoms with E-state index < -0.39 is 0 Å². The summed E-state index contributed by atoms with van der Waals surface area (Å²) in [6, 6.07) is 9.15. The first kappa shape index (κ1) is 15.2. The maximum absolute atomic E-state index is 5.92. The van der Waals surface area contributed by atoms with Gasteiger partial charge in [-0.1, -0.05) is 50.6 Å². The highest BCUT2D eigenvalue weighted by Crippen LogP contribution is 2.23. The topological polar surface area (TPSA) is 29.3 Å². The Morgan fingerprint density at radius 2 is 1.94 bits per heavy atom. The number of nitrogens with two attached hydrogens (primary N) is 1. The zero-order valence-electron chi connectivity index (χ0n) is 12.5. The number of aryl methyl sites for hydroxylation is 1. The summed E-state index contributed by atoms with van der Waals surface area (Å²) in [5.74, 6) is 0. The number of nitrogens with zero attached hydrogens (tertiary/aromatic N) is 1. The van der Waals surface area contributed by atoms with E-state index in [4.69, 9.17) is 5.73 Å². The molecule has 0 heterocycles. The van der Waals surface area contributed by atoms with E-state index >= 15 is 0 Å². The van der Waals surface area contributed by atoms with Crippen LogP contribution in [0.4, 0.5) is 0 Å². The maximum atomic E-state index is 5.92. The van der Waals surface area contributed by atoms with Crippen molar-refractivity contribution in [2.24, 2.45) is 11.1 Å². The summed E-state index contributed by atoms with van der Waals surface area (Å²) in [7, 11) is 2.17. The van der Waals surface area contributed by atoms with Crippen molar-refractivity contribution in [2.75, 3.05) is 13.6 Å². The van der Waals surface area contributed by atoms with Gasteiger partial charge in [0.25, 0.3) is 0 Å². The zero-order valence-corrected chi connectivity index (χ0v) is 12.5. The summed E-state index contributed by atoms with van der Waals surface area (Å²) in [5, 5.41) is 0. The average Bonchev–Trinajstić information content (AvgIpc) is 2.24. The second-order valence-corrected chi connectivity index (χ2v) is 6.56. The molecule has 2 nitrogen and oxygen atoms in total. The molecule has 1 aromatic carbocycles. The molecule has 0 aliphatic heterocycles. The van der Waals surface area contributed by atoms with Gasteiger partial charge in [0.2, 0.25) is 0 Å². The number of benzene rings is 1. The Morgan fingerprint density at radius 1 is 1.28 bits per heavy atom. The molecule has 1 atom stereocenters. The van der Waals surface area contributed by atoms with Gasteiger partial charge < -0.3 is 5.73 Å². The van der Waals surface area contributed by atoms with E-state index in [1.165, 1.54) is 11.1 Å². The Kier molecular flexibility index (Phi) is 5.36. The van der Waals surface area contributed by atoms with Gasteiger partial charge in [-0.05, 0) is 31.4 Å². The Hall–Kier alpha value is -0.860. The summed E-state index contributed by atoms with van der Waals surface area (Å²) >= 11 is 0. The minimum Gasteiger partial charge on any atom is -0.329 e. The highest BCUT2D eigenvalue weighted by Gasteiger charge is 2.21. The van der Waals surface area contributed by atoms with Crippen LogP contribution >= 0.6 is 0 Å². The van der Waals surface area contributed by atoms with Crippen LogP contribution in [0.2, 0.25) is 0 Å². The molecule has 1 rings (SSSR count). The van der Waals surface area contributed by atoms with E-state index in [1.807, 2.05) is 0 Å². The standard InChI is InChI=1S/C16H28N2/c1-13-7-6-8-14(9-13)12-18(5)15(11-17)10-16(2,3)4/h6-9,15H,10-12,17H2,1-5H3. The Morgan fingerprint density at radius 3 is 2.44 bits per heavy atom. The summed E-state index contributed by atoms with van der Waals surface area (Å²) in [6.45, 7) is 10.7. The summed E-state index contributed by atoms with van der Waals surface area (Å²) < 4.78 is 0. The molecule has 18 heavy (non-hydrogen) atoms. The number of hydrogen-bond donors (Lipinski definition) is 1. The SMILES string of the molecule is Cc1cccc(CN(C)C(CN)CC(C)(C)C)c1. The fourth-order valence-corrected chi connectivity index (χ4v) is 2.35. The Bertz CT molecular complexity index is 366. The number of likely N-dealkylation sites (N-methyl/N-ethyl adjacent to an activating group) is 1. The van der Waals surface area contributed by atoms with Gasteiger partial charge in [0, 0.05) is 19.1 Å². The van der Waals surface area contributed by atoms with Crippen LogP contribution in [0.15, 0.2) is 24.3 Å². The van der Waals surface area contributed by atoms with Gasteiger partial charge in [-0.3, -0.25) is 4.90 Å². The summed E-state index contributed by atoms with van der Waals surface area (Å²) in [5.41, 5.74) is 8.93.